The molecule has 1 aromatic rings. The van der Waals surface area contributed by atoms with Gasteiger partial charge >= 0.3 is 0 Å². The van der Waals surface area contributed by atoms with Gasteiger partial charge in [-0.2, -0.15) is 5.26 Å². The average molecular weight is 242 g/mol. The van der Waals surface area contributed by atoms with Gasteiger partial charge in [0.15, 0.2) is 0 Å². The summed E-state index contributed by atoms with van der Waals surface area (Å²) in [6.07, 6.45) is 2.16. The molecule has 18 heavy (non-hydrogen) atoms. The Labute approximate surface area is 108 Å². The Kier molecular flexibility index (Phi) is 3.66. The fourth-order valence-corrected chi connectivity index (χ4v) is 2.63. The third kappa shape index (κ3) is 2.38. The van der Waals surface area contributed by atoms with Crippen molar-refractivity contribution in [2.45, 2.75) is 32.7 Å². The maximum Gasteiger partial charge on any atom is 0.254 e. The molecule has 1 unspecified atom stereocenters. The summed E-state index contributed by atoms with van der Waals surface area (Å²) in [6.45, 7) is 5.14. The molecule has 3 heteroatoms. The van der Waals surface area contributed by atoms with E-state index in [1.165, 1.54) is 0 Å². The van der Waals surface area contributed by atoms with Crippen LogP contribution in [0.4, 0.5) is 0 Å². The highest BCUT2D eigenvalue weighted by Gasteiger charge is 2.31. The van der Waals surface area contributed by atoms with Crippen LogP contribution in [0.3, 0.4) is 0 Å². The van der Waals surface area contributed by atoms with E-state index in [4.69, 9.17) is 5.26 Å². The average Bonchev–Trinajstić information content (AvgIpc) is 2.87. The highest BCUT2D eigenvalue weighted by molar-refractivity contribution is 5.95. The van der Waals surface area contributed by atoms with Gasteiger partial charge in [0.25, 0.3) is 5.91 Å². The smallest absolute Gasteiger partial charge is 0.254 e. The molecule has 3 nitrogen and oxygen atoms in total. The number of hydrogen-bond donors (Lipinski definition) is 0. The van der Waals surface area contributed by atoms with Gasteiger partial charge in [-0.05, 0) is 37.0 Å². The topological polar surface area (TPSA) is 44.1 Å². The van der Waals surface area contributed by atoms with E-state index in [9.17, 15) is 4.79 Å². The molecule has 0 saturated carbocycles. The third-order valence-corrected chi connectivity index (χ3v) is 3.57. The molecule has 0 aliphatic carbocycles. The Morgan fingerprint density at radius 2 is 2.28 bits per heavy atom. The van der Waals surface area contributed by atoms with Crippen LogP contribution in [0.15, 0.2) is 24.3 Å². The largest absolute Gasteiger partial charge is 0.335 e. The molecular weight excluding hydrogens is 224 g/mol. The minimum absolute atomic E-state index is 0.0586. The molecule has 1 aliphatic rings. The first-order valence-corrected chi connectivity index (χ1v) is 6.44. The minimum atomic E-state index is 0.0586. The Hall–Kier alpha value is -1.82. The van der Waals surface area contributed by atoms with E-state index in [1.807, 2.05) is 4.90 Å². The van der Waals surface area contributed by atoms with Crippen LogP contribution in [-0.4, -0.2) is 23.4 Å². The predicted molar refractivity (Wildman–Crippen MR) is 70.1 cm³/mol. The zero-order valence-electron chi connectivity index (χ0n) is 10.9. The predicted octanol–water partition coefficient (Wildman–Crippen LogP) is 2.82. The number of rotatable bonds is 2. The molecule has 1 atom stereocenters. The number of nitrogens with zero attached hydrogens (tertiary/aromatic N) is 2. The Morgan fingerprint density at radius 1 is 1.50 bits per heavy atom. The van der Waals surface area contributed by atoms with E-state index in [-0.39, 0.29) is 5.91 Å². The van der Waals surface area contributed by atoms with Crippen molar-refractivity contribution in [1.29, 1.82) is 5.26 Å². The molecular formula is C15H18N2O. The first kappa shape index (κ1) is 12.6. The molecule has 94 valence electrons. The number of benzene rings is 1. The van der Waals surface area contributed by atoms with Gasteiger partial charge in [0.05, 0.1) is 11.6 Å². The van der Waals surface area contributed by atoms with Crippen LogP contribution in [0, 0.1) is 17.2 Å². The normalized spacial score (nSPS) is 19.0. The molecule has 0 N–H and O–H groups in total. The van der Waals surface area contributed by atoms with Crippen molar-refractivity contribution < 1.29 is 4.79 Å². The van der Waals surface area contributed by atoms with Crippen LogP contribution < -0.4 is 0 Å². The number of hydrogen-bond acceptors (Lipinski definition) is 2. The summed E-state index contributed by atoms with van der Waals surface area (Å²) in [5.74, 6) is 0.541. The van der Waals surface area contributed by atoms with E-state index in [2.05, 4.69) is 19.9 Å². The summed E-state index contributed by atoms with van der Waals surface area (Å²) in [5.41, 5.74) is 1.17. The van der Waals surface area contributed by atoms with E-state index >= 15 is 0 Å². The molecule has 0 radical (unpaired) electrons. The maximum absolute atomic E-state index is 12.4. The molecule has 0 bridgehead atoms. The summed E-state index contributed by atoms with van der Waals surface area (Å²) >= 11 is 0. The van der Waals surface area contributed by atoms with Gasteiger partial charge in [0.1, 0.15) is 0 Å². The minimum Gasteiger partial charge on any atom is -0.335 e. The van der Waals surface area contributed by atoms with Crippen LogP contribution in [0.25, 0.3) is 0 Å². The first-order valence-electron chi connectivity index (χ1n) is 6.44. The van der Waals surface area contributed by atoms with Crippen LogP contribution in [0.5, 0.6) is 0 Å². The van der Waals surface area contributed by atoms with Crippen molar-refractivity contribution >= 4 is 5.91 Å². The highest BCUT2D eigenvalue weighted by Crippen LogP contribution is 2.25. The standard InChI is InChI=1S/C15H18N2O/c1-11(2)14-7-4-8-17(14)15(18)13-6-3-5-12(9-13)10-16/h3,5-6,9,11,14H,4,7-8H2,1-2H3. The molecule has 2 rings (SSSR count). The Bertz CT molecular complexity index is 488. The second-order valence-electron chi connectivity index (χ2n) is 5.14. The van der Waals surface area contributed by atoms with Crippen molar-refractivity contribution in [3.8, 4) is 6.07 Å². The Balaban J connectivity index is 2.23. The lowest BCUT2D eigenvalue weighted by molar-refractivity contribution is 0.0701. The summed E-state index contributed by atoms with van der Waals surface area (Å²) in [6, 6.07) is 9.37. The lowest BCUT2D eigenvalue weighted by Gasteiger charge is -2.27. The summed E-state index contributed by atoms with van der Waals surface area (Å²) in [4.78, 5) is 14.4. The number of carbonyl (C=O) groups is 1. The first-order chi connectivity index (χ1) is 8.63. The SMILES string of the molecule is CC(C)C1CCCN1C(=O)c1cccc(C#N)c1. The second kappa shape index (κ2) is 5.22. The van der Waals surface area contributed by atoms with E-state index in [0.717, 1.165) is 19.4 Å². The van der Waals surface area contributed by atoms with Crippen molar-refractivity contribution in [2.24, 2.45) is 5.92 Å². The van der Waals surface area contributed by atoms with Crippen molar-refractivity contribution in [3.05, 3.63) is 35.4 Å². The van der Waals surface area contributed by atoms with Crippen molar-refractivity contribution in [1.82, 2.24) is 4.90 Å². The number of likely N-dealkylation sites (tertiary alicyclic amines) is 1. The van der Waals surface area contributed by atoms with E-state index < -0.39 is 0 Å². The maximum atomic E-state index is 12.4. The van der Waals surface area contributed by atoms with Gasteiger partial charge in [-0.1, -0.05) is 19.9 Å². The van der Waals surface area contributed by atoms with Gasteiger partial charge in [0, 0.05) is 18.2 Å². The number of amides is 1. The quantitative estimate of drug-likeness (QED) is 0.800. The molecule has 0 spiro atoms. The molecule has 1 saturated heterocycles. The van der Waals surface area contributed by atoms with Gasteiger partial charge in [-0.3, -0.25) is 4.79 Å². The fraction of sp³-hybridized carbons (Fsp3) is 0.467. The zero-order valence-corrected chi connectivity index (χ0v) is 10.9. The van der Waals surface area contributed by atoms with E-state index in [0.29, 0.717) is 23.1 Å². The van der Waals surface area contributed by atoms with Crippen molar-refractivity contribution in [3.63, 3.8) is 0 Å². The summed E-state index contributed by atoms with van der Waals surface area (Å²) < 4.78 is 0. The van der Waals surface area contributed by atoms with Crippen LogP contribution in [0.2, 0.25) is 0 Å². The Morgan fingerprint density at radius 3 is 2.94 bits per heavy atom. The van der Waals surface area contributed by atoms with E-state index in [1.54, 1.807) is 24.3 Å². The monoisotopic (exact) mass is 242 g/mol. The molecule has 0 aromatic heterocycles. The van der Waals surface area contributed by atoms with Gasteiger partial charge < -0.3 is 4.90 Å². The third-order valence-electron chi connectivity index (χ3n) is 3.57. The lowest BCUT2D eigenvalue weighted by atomic mass is 10.0. The molecule has 1 fully saturated rings. The fourth-order valence-electron chi connectivity index (χ4n) is 2.63. The number of nitriles is 1. The second-order valence-corrected chi connectivity index (χ2v) is 5.14. The van der Waals surface area contributed by atoms with Crippen LogP contribution in [-0.2, 0) is 0 Å². The summed E-state index contributed by atoms with van der Waals surface area (Å²) in [7, 11) is 0. The van der Waals surface area contributed by atoms with Crippen molar-refractivity contribution in [2.75, 3.05) is 6.54 Å². The molecule has 1 heterocycles. The van der Waals surface area contributed by atoms with Crippen LogP contribution >= 0.6 is 0 Å². The van der Waals surface area contributed by atoms with Crippen LogP contribution in [0.1, 0.15) is 42.6 Å². The molecule has 1 aliphatic heterocycles. The highest BCUT2D eigenvalue weighted by atomic mass is 16.2. The van der Waals surface area contributed by atoms with Gasteiger partial charge in [0.2, 0.25) is 0 Å². The number of carbonyl (C=O) groups excluding carboxylic acids is 1. The molecule has 1 aromatic carbocycles. The summed E-state index contributed by atoms with van der Waals surface area (Å²) in [5, 5.41) is 8.87. The van der Waals surface area contributed by atoms with Gasteiger partial charge in [-0.15, -0.1) is 0 Å². The lowest BCUT2D eigenvalue weighted by Crippen LogP contribution is -2.38. The molecule has 1 amide bonds. The zero-order chi connectivity index (χ0) is 13.1. The van der Waals surface area contributed by atoms with Gasteiger partial charge in [-0.25, -0.2) is 0 Å².